The van der Waals surface area contributed by atoms with E-state index < -0.39 is 13.4 Å². The number of rotatable bonds is 2. The van der Waals surface area contributed by atoms with Crippen molar-refractivity contribution in [3.63, 3.8) is 0 Å². The smallest absolute Gasteiger partial charge is 0.319 e. The molecule has 10 heteroatoms. The maximum Gasteiger partial charge on any atom is 0.319 e. The van der Waals surface area contributed by atoms with Gasteiger partial charge in [-0.1, -0.05) is 53.4 Å². The fraction of sp³-hybridized carbons (Fsp3) is 1.00. The van der Waals surface area contributed by atoms with E-state index in [2.05, 4.69) is 51.3 Å². The minimum atomic E-state index is -3.81. The second-order valence-corrected chi connectivity index (χ2v) is 8.02. The van der Waals surface area contributed by atoms with E-state index in [1.54, 1.807) is 0 Å². The Bertz CT molecular complexity index is 183. The lowest BCUT2D eigenvalue weighted by Crippen LogP contribution is -1.65. The van der Waals surface area contributed by atoms with E-state index >= 15 is 0 Å². The molecule has 0 heterocycles. The molecule has 0 fully saturated rings. The van der Waals surface area contributed by atoms with Crippen molar-refractivity contribution in [3.8, 4) is 0 Å². The molecule has 116 valence electrons. The number of hydrogen-bond acceptors (Lipinski definition) is 2. The molecule has 0 saturated heterocycles. The lowest BCUT2D eigenvalue weighted by atomic mass is 10.4. The molecule has 0 bridgehead atoms. The zero-order chi connectivity index (χ0) is 15.8. The largest absolute Gasteiger partial charge is 0.325 e. The van der Waals surface area contributed by atoms with Crippen LogP contribution in [0.15, 0.2) is 0 Å². The second kappa shape index (κ2) is 18.1. The van der Waals surface area contributed by atoms with Gasteiger partial charge in [0.1, 0.15) is 0 Å². The van der Waals surface area contributed by atoms with Crippen molar-refractivity contribution in [1.29, 1.82) is 0 Å². The highest BCUT2D eigenvalue weighted by atomic mass is 32.5. The molecule has 6 nitrogen and oxygen atoms in total. The predicted octanol–water partition coefficient (Wildman–Crippen LogP) is 1.99. The molecule has 0 aliphatic carbocycles. The van der Waals surface area contributed by atoms with Gasteiger partial charge in [-0.25, -0.2) is 0 Å². The molecule has 0 aromatic heterocycles. The molecular weight excluding hydrogens is 318 g/mol. The second-order valence-electron chi connectivity index (χ2n) is 3.03. The minimum absolute atomic E-state index is 1.32. The molecule has 6 N–H and O–H groups in total. The van der Waals surface area contributed by atoms with Gasteiger partial charge in [0.2, 0.25) is 0 Å². The predicted molar refractivity (Wildman–Crippen MR) is 83.0 cm³/mol. The quantitative estimate of drug-likeness (QED) is 0.421. The normalized spacial score (nSPS) is 9.89. The van der Waals surface area contributed by atoms with Gasteiger partial charge in [-0.2, -0.15) is 0 Å². The van der Waals surface area contributed by atoms with Gasteiger partial charge < -0.3 is 29.4 Å². The summed E-state index contributed by atoms with van der Waals surface area (Å²) in [6, 6.07) is 0. The third-order valence-electron chi connectivity index (χ3n) is 1.000. The Morgan fingerprint density at radius 1 is 0.556 bits per heavy atom. The highest BCUT2D eigenvalue weighted by Gasteiger charge is 1.92. The molecule has 0 saturated carbocycles. The molecule has 0 aliphatic rings. The van der Waals surface area contributed by atoms with Crippen molar-refractivity contribution in [2.75, 3.05) is 0 Å². The Morgan fingerprint density at radius 2 is 0.611 bits per heavy atom. The summed E-state index contributed by atoms with van der Waals surface area (Å²) >= 11 is 7.21. The van der Waals surface area contributed by atoms with Gasteiger partial charge in [0, 0.05) is 0 Å². The Hall–Kier alpha value is 1.06. The van der Waals surface area contributed by atoms with E-state index in [9.17, 15) is 0 Å². The van der Waals surface area contributed by atoms with Crippen LogP contribution in [0.2, 0.25) is 0 Å². The van der Waals surface area contributed by atoms with E-state index in [-0.39, 0.29) is 0 Å². The Labute approximate surface area is 120 Å². The van der Waals surface area contributed by atoms with Crippen molar-refractivity contribution in [3.05, 3.63) is 0 Å². The molecule has 0 unspecified atom stereocenters. The van der Waals surface area contributed by atoms with Gasteiger partial charge in [0.05, 0.1) is 0 Å². The Morgan fingerprint density at radius 3 is 0.611 bits per heavy atom. The first-order valence-corrected chi connectivity index (χ1v) is 10.7. The summed E-state index contributed by atoms with van der Waals surface area (Å²) in [4.78, 5) is 45.3. The molecule has 0 aromatic rings. The molecule has 18 heavy (non-hydrogen) atoms. The maximum atomic E-state index is 7.56. The summed E-state index contributed by atoms with van der Waals surface area (Å²) in [5.41, 5.74) is 0. The van der Waals surface area contributed by atoms with E-state index in [1.165, 1.54) is 25.7 Å². The van der Waals surface area contributed by atoms with E-state index in [0.29, 0.717) is 0 Å². The molecule has 0 aliphatic heterocycles. The highest BCUT2D eigenvalue weighted by molar-refractivity contribution is 8.06. The molecule has 0 amide bonds. The Kier molecular flexibility index (Phi) is 27.5. The monoisotopic (exact) mass is 344 g/mol. The topological polar surface area (TPSA) is 121 Å². The summed E-state index contributed by atoms with van der Waals surface area (Å²) in [7, 11) is 0. The first-order chi connectivity index (χ1) is 7.83. The average molecular weight is 344 g/mol. The average Bonchev–Trinajstić information content (AvgIpc) is 2.12. The fourth-order valence-corrected chi connectivity index (χ4v) is 0. The van der Waals surface area contributed by atoms with E-state index in [1.807, 2.05) is 0 Å². The van der Waals surface area contributed by atoms with Crippen LogP contribution in [0.25, 0.3) is 0 Å². The van der Waals surface area contributed by atoms with Crippen molar-refractivity contribution in [2.45, 2.75) is 53.4 Å². The van der Waals surface area contributed by atoms with Crippen LogP contribution in [0, 0.1) is 0 Å². The van der Waals surface area contributed by atoms with Crippen LogP contribution in [0.4, 0.5) is 0 Å². The van der Waals surface area contributed by atoms with Crippen LogP contribution in [0.1, 0.15) is 53.4 Å². The van der Waals surface area contributed by atoms with Crippen molar-refractivity contribution in [1.82, 2.24) is 0 Å². The number of hydrogen-bond donors (Lipinski definition) is 6. The molecular formula is C8H26O6P2S2. The van der Waals surface area contributed by atoms with Crippen molar-refractivity contribution < 1.29 is 29.4 Å². The molecule has 0 rings (SSSR count). The molecule has 0 spiro atoms. The zero-order valence-electron chi connectivity index (χ0n) is 11.2. The van der Waals surface area contributed by atoms with Gasteiger partial charge in [0.25, 0.3) is 0 Å². The van der Waals surface area contributed by atoms with Gasteiger partial charge in [0.15, 0.2) is 0 Å². The lowest BCUT2D eigenvalue weighted by Gasteiger charge is -1.88. The Balaban J connectivity index is -0.0000000731. The SMILES string of the molecule is CCCC.CCCC.OP(O)(O)=S.OP(O)(O)=S. The zero-order valence-corrected chi connectivity index (χ0v) is 14.6. The van der Waals surface area contributed by atoms with Crippen LogP contribution in [0.5, 0.6) is 0 Å². The van der Waals surface area contributed by atoms with Gasteiger partial charge in [-0.05, 0) is 23.6 Å². The highest BCUT2D eigenvalue weighted by Crippen LogP contribution is 2.26. The summed E-state index contributed by atoms with van der Waals surface area (Å²) in [6.07, 6.45) is 5.28. The van der Waals surface area contributed by atoms with Gasteiger partial charge in [-0.3, -0.25) is 0 Å². The summed E-state index contributed by atoms with van der Waals surface area (Å²) in [5, 5.41) is 0. The van der Waals surface area contributed by atoms with Crippen molar-refractivity contribution in [2.24, 2.45) is 0 Å². The van der Waals surface area contributed by atoms with Crippen LogP contribution >= 0.6 is 13.4 Å². The minimum Gasteiger partial charge on any atom is -0.325 e. The summed E-state index contributed by atoms with van der Waals surface area (Å²) in [6.45, 7) is 1.11. The van der Waals surface area contributed by atoms with E-state index in [4.69, 9.17) is 29.4 Å². The van der Waals surface area contributed by atoms with Gasteiger partial charge in [-0.15, -0.1) is 0 Å². The number of unbranched alkanes of at least 4 members (excludes halogenated alkanes) is 2. The maximum absolute atomic E-state index is 7.56. The van der Waals surface area contributed by atoms with Crippen molar-refractivity contribution >= 4 is 37.1 Å². The summed E-state index contributed by atoms with van der Waals surface area (Å²) in [5.74, 6) is 0. The third kappa shape index (κ3) is 470. The van der Waals surface area contributed by atoms with Gasteiger partial charge >= 0.3 is 13.4 Å². The lowest BCUT2D eigenvalue weighted by molar-refractivity contribution is 0.361. The molecule has 0 atom stereocenters. The van der Waals surface area contributed by atoms with Crippen LogP contribution in [0.3, 0.4) is 0 Å². The summed E-state index contributed by atoms with van der Waals surface area (Å²) < 4.78 is 0. The van der Waals surface area contributed by atoms with E-state index in [0.717, 1.165) is 0 Å². The van der Waals surface area contributed by atoms with Crippen LogP contribution < -0.4 is 0 Å². The molecule has 0 radical (unpaired) electrons. The first-order valence-electron chi connectivity index (χ1n) is 5.39. The third-order valence-corrected chi connectivity index (χ3v) is 1.000. The van der Waals surface area contributed by atoms with Crippen LogP contribution in [-0.4, -0.2) is 29.4 Å². The van der Waals surface area contributed by atoms with Crippen LogP contribution in [-0.2, 0) is 23.6 Å². The molecule has 0 aromatic carbocycles. The first kappa shape index (κ1) is 27.4. The standard InChI is InChI=1S/2C4H10.2H3O3PS/c2*1-3-4-2;2*1-4(2,3)5/h2*3-4H2,1-2H3;2*(H3,1,2,3,5). The fourth-order valence-electron chi connectivity index (χ4n) is 0.